The molecule has 10 heteroatoms. The lowest BCUT2D eigenvalue weighted by molar-refractivity contribution is -0.142. The third-order valence-corrected chi connectivity index (χ3v) is 5.10. The molecule has 0 aliphatic carbocycles. The van der Waals surface area contributed by atoms with Crippen molar-refractivity contribution in [2.45, 2.75) is 25.8 Å². The van der Waals surface area contributed by atoms with Crippen LogP contribution in [-0.4, -0.2) is 14.4 Å². The Morgan fingerprint density at radius 1 is 0.906 bits per heavy atom. The van der Waals surface area contributed by atoms with Crippen molar-refractivity contribution in [3.63, 3.8) is 0 Å². The molecule has 4 rings (SSSR count). The van der Waals surface area contributed by atoms with E-state index in [1.54, 1.807) is 37.3 Å². The normalized spacial score (nSPS) is 12.5. The molecule has 4 aromatic rings. The zero-order valence-electron chi connectivity index (χ0n) is 16.6. The quantitative estimate of drug-likeness (QED) is 0.398. The number of rotatable bonds is 3. The van der Waals surface area contributed by atoms with Crippen molar-refractivity contribution in [3.8, 4) is 22.5 Å². The SMILES string of the molecule is Cc1nc2nc(-c3ccccc3)cn2c(-c2ccc(C(F)(F)F)cc2C(F)(F)F)c1CN. The van der Waals surface area contributed by atoms with Crippen molar-refractivity contribution in [2.24, 2.45) is 5.73 Å². The Labute approximate surface area is 178 Å². The van der Waals surface area contributed by atoms with Crippen LogP contribution < -0.4 is 5.73 Å². The molecule has 32 heavy (non-hydrogen) atoms. The first kappa shape index (κ1) is 21.8. The van der Waals surface area contributed by atoms with Gasteiger partial charge in [0.15, 0.2) is 0 Å². The number of imidazole rings is 1. The van der Waals surface area contributed by atoms with Crippen LogP contribution in [0.5, 0.6) is 0 Å². The minimum Gasteiger partial charge on any atom is -0.326 e. The highest BCUT2D eigenvalue weighted by atomic mass is 19.4. The van der Waals surface area contributed by atoms with E-state index in [0.717, 1.165) is 6.07 Å². The number of benzene rings is 2. The number of nitrogens with two attached hydrogens (primary N) is 1. The van der Waals surface area contributed by atoms with Crippen LogP contribution in [0.4, 0.5) is 26.3 Å². The molecule has 2 N–H and O–H groups in total. The molecule has 0 radical (unpaired) electrons. The smallest absolute Gasteiger partial charge is 0.326 e. The van der Waals surface area contributed by atoms with E-state index >= 15 is 0 Å². The summed E-state index contributed by atoms with van der Waals surface area (Å²) in [6.07, 6.45) is -8.45. The highest BCUT2D eigenvalue weighted by Gasteiger charge is 2.39. The third kappa shape index (κ3) is 3.81. The molecule has 0 amide bonds. The molecule has 0 atom stereocenters. The van der Waals surface area contributed by atoms with E-state index in [4.69, 9.17) is 5.73 Å². The predicted octanol–water partition coefficient (Wildman–Crippen LogP) is 5.87. The number of aromatic nitrogens is 3. The molecule has 4 nitrogen and oxygen atoms in total. The first-order valence-corrected chi connectivity index (χ1v) is 9.43. The summed E-state index contributed by atoms with van der Waals surface area (Å²) in [5.41, 5.74) is 4.37. The molecule has 0 aliphatic rings. The second kappa shape index (κ2) is 7.63. The third-order valence-electron chi connectivity index (χ3n) is 5.10. The van der Waals surface area contributed by atoms with E-state index in [-0.39, 0.29) is 29.6 Å². The lowest BCUT2D eigenvalue weighted by Gasteiger charge is -2.19. The lowest BCUT2D eigenvalue weighted by Crippen LogP contribution is -2.15. The second-order valence-corrected chi connectivity index (χ2v) is 7.15. The number of halogens is 6. The van der Waals surface area contributed by atoms with Gasteiger partial charge in [-0.3, -0.25) is 4.40 Å². The van der Waals surface area contributed by atoms with Crippen molar-refractivity contribution < 1.29 is 26.3 Å². The summed E-state index contributed by atoms with van der Waals surface area (Å²) in [7, 11) is 0. The van der Waals surface area contributed by atoms with Crippen molar-refractivity contribution >= 4 is 5.78 Å². The minimum atomic E-state index is -5.03. The number of aryl methyl sites for hydroxylation is 1. The van der Waals surface area contributed by atoms with E-state index < -0.39 is 29.0 Å². The van der Waals surface area contributed by atoms with Gasteiger partial charge in [0.1, 0.15) is 0 Å². The fourth-order valence-electron chi connectivity index (χ4n) is 3.59. The Bertz CT molecular complexity index is 1290. The molecular formula is C22H16F6N4. The summed E-state index contributed by atoms with van der Waals surface area (Å²) >= 11 is 0. The van der Waals surface area contributed by atoms with Crippen LogP contribution in [0.25, 0.3) is 28.3 Å². The Hall–Kier alpha value is -3.40. The molecule has 0 bridgehead atoms. The van der Waals surface area contributed by atoms with E-state index in [2.05, 4.69) is 9.97 Å². The van der Waals surface area contributed by atoms with Crippen LogP contribution in [-0.2, 0) is 18.9 Å². The maximum atomic E-state index is 13.9. The van der Waals surface area contributed by atoms with Crippen LogP contribution in [0.2, 0.25) is 0 Å². The highest BCUT2D eigenvalue weighted by Crippen LogP contribution is 2.42. The van der Waals surface area contributed by atoms with Gasteiger partial charge in [-0.05, 0) is 19.1 Å². The van der Waals surface area contributed by atoms with Gasteiger partial charge >= 0.3 is 12.4 Å². The van der Waals surface area contributed by atoms with E-state index in [1.165, 1.54) is 10.6 Å². The lowest BCUT2D eigenvalue weighted by atomic mass is 9.96. The summed E-state index contributed by atoms with van der Waals surface area (Å²) in [6.45, 7) is 1.40. The predicted molar refractivity (Wildman–Crippen MR) is 106 cm³/mol. The van der Waals surface area contributed by atoms with Crippen molar-refractivity contribution in [1.29, 1.82) is 0 Å². The number of fused-ring (bicyclic) bond motifs is 1. The first-order valence-electron chi connectivity index (χ1n) is 9.43. The van der Waals surface area contributed by atoms with Gasteiger partial charge in [0.05, 0.1) is 22.5 Å². The Morgan fingerprint density at radius 3 is 2.19 bits per heavy atom. The highest BCUT2D eigenvalue weighted by molar-refractivity contribution is 5.73. The van der Waals surface area contributed by atoms with Crippen LogP contribution in [0, 0.1) is 6.92 Å². The average molecular weight is 450 g/mol. The molecule has 2 aromatic carbocycles. The summed E-state index contributed by atoms with van der Waals surface area (Å²) in [4.78, 5) is 8.74. The summed E-state index contributed by atoms with van der Waals surface area (Å²) in [5.74, 6) is 0.113. The average Bonchev–Trinajstić information content (AvgIpc) is 3.15. The molecule has 0 saturated carbocycles. The fourth-order valence-corrected chi connectivity index (χ4v) is 3.59. The molecule has 2 heterocycles. The molecular weight excluding hydrogens is 434 g/mol. The van der Waals surface area contributed by atoms with Gasteiger partial charge in [0, 0.05) is 35.1 Å². The van der Waals surface area contributed by atoms with E-state index in [0.29, 0.717) is 23.0 Å². The Morgan fingerprint density at radius 2 is 1.59 bits per heavy atom. The zero-order valence-corrected chi connectivity index (χ0v) is 16.6. The second-order valence-electron chi connectivity index (χ2n) is 7.15. The molecule has 0 unspecified atom stereocenters. The van der Waals surface area contributed by atoms with Gasteiger partial charge in [-0.15, -0.1) is 0 Å². The van der Waals surface area contributed by atoms with Gasteiger partial charge in [-0.1, -0.05) is 36.4 Å². The summed E-state index contributed by atoms with van der Waals surface area (Å²) in [6, 6.07) is 10.5. The van der Waals surface area contributed by atoms with Crippen LogP contribution in [0.3, 0.4) is 0 Å². The van der Waals surface area contributed by atoms with Crippen LogP contribution >= 0.6 is 0 Å². The van der Waals surface area contributed by atoms with E-state index in [1.807, 2.05) is 0 Å². The maximum Gasteiger partial charge on any atom is 0.417 e. The molecule has 166 valence electrons. The number of hydrogen-bond acceptors (Lipinski definition) is 3. The standard InChI is InChI=1S/C22H16F6N4/c1-12-16(10-29)19(15-8-7-14(21(23,24)25)9-17(15)22(26,27)28)32-11-18(31-20(32)30-12)13-5-3-2-4-6-13/h2-9,11H,10,29H2,1H3. The number of hydrogen-bond donors (Lipinski definition) is 1. The topological polar surface area (TPSA) is 56.2 Å². The Balaban J connectivity index is 2.07. The minimum absolute atomic E-state index is 0.00531. The number of nitrogens with zero attached hydrogens (tertiary/aromatic N) is 3. The Kier molecular flexibility index (Phi) is 5.20. The van der Waals surface area contributed by atoms with Gasteiger partial charge in [0.2, 0.25) is 5.78 Å². The summed E-state index contributed by atoms with van der Waals surface area (Å²) < 4.78 is 82.3. The van der Waals surface area contributed by atoms with Crippen molar-refractivity contribution in [3.05, 3.63) is 77.1 Å². The van der Waals surface area contributed by atoms with Crippen LogP contribution in [0.15, 0.2) is 54.7 Å². The van der Waals surface area contributed by atoms with Crippen LogP contribution in [0.1, 0.15) is 22.4 Å². The molecule has 0 aliphatic heterocycles. The maximum absolute atomic E-state index is 13.9. The van der Waals surface area contributed by atoms with Gasteiger partial charge < -0.3 is 5.73 Å². The largest absolute Gasteiger partial charge is 0.417 e. The van der Waals surface area contributed by atoms with Crippen molar-refractivity contribution in [2.75, 3.05) is 0 Å². The summed E-state index contributed by atoms with van der Waals surface area (Å²) in [5, 5.41) is 0. The molecule has 0 spiro atoms. The first-order chi connectivity index (χ1) is 15.0. The monoisotopic (exact) mass is 450 g/mol. The van der Waals surface area contributed by atoms with Gasteiger partial charge in [-0.2, -0.15) is 26.3 Å². The van der Waals surface area contributed by atoms with Crippen molar-refractivity contribution in [1.82, 2.24) is 14.4 Å². The molecule has 0 fully saturated rings. The zero-order chi connectivity index (χ0) is 23.3. The fraction of sp³-hybridized carbons (Fsp3) is 0.182. The molecule has 0 saturated heterocycles. The van der Waals surface area contributed by atoms with Gasteiger partial charge in [0.25, 0.3) is 0 Å². The van der Waals surface area contributed by atoms with Gasteiger partial charge in [-0.25, -0.2) is 9.97 Å². The molecule has 2 aromatic heterocycles. The van der Waals surface area contributed by atoms with E-state index in [9.17, 15) is 26.3 Å². The number of alkyl halides is 6.